The topological polar surface area (TPSA) is 46.3 Å². The molecule has 0 amide bonds. The number of rotatable bonds is 3. The molecule has 25 heavy (non-hydrogen) atoms. The Kier molecular flexibility index (Phi) is 4.88. The third-order valence-electron chi connectivity index (χ3n) is 4.66. The van der Waals surface area contributed by atoms with Crippen LogP contribution in [-0.4, -0.2) is 25.7 Å². The summed E-state index contributed by atoms with van der Waals surface area (Å²) in [5.74, 6) is 1.37. The molecule has 1 aliphatic rings. The number of methoxy groups -OCH3 is 2. The van der Waals surface area contributed by atoms with Crippen molar-refractivity contribution in [3.63, 3.8) is 0 Å². The maximum Gasteiger partial charge on any atom is 0.124 e. The second kappa shape index (κ2) is 6.94. The van der Waals surface area contributed by atoms with E-state index in [4.69, 9.17) is 9.47 Å². The van der Waals surface area contributed by atoms with Gasteiger partial charge in [0.2, 0.25) is 0 Å². The Hall–Kier alpha value is -2.24. The molecule has 2 heterocycles. The molecular weight excluding hydrogens is 343 g/mol. The van der Waals surface area contributed by atoms with Gasteiger partial charge in [-0.15, -0.1) is 12.4 Å². The summed E-state index contributed by atoms with van der Waals surface area (Å²) in [4.78, 5) is 3.46. The molecule has 0 saturated heterocycles. The first kappa shape index (κ1) is 17.6. The molecule has 1 atom stereocenters. The average Bonchev–Trinajstić information content (AvgIpc) is 2.99. The van der Waals surface area contributed by atoms with Gasteiger partial charge < -0.3 is 19.8 Å². The summed E-state index contributed by atoms with van der Waals surface area (Å²) >= 11 is 0. The fraction of sp³-hybridized carbons (Fsp3) is 0.263. The van der Waals surface area contributed by atoms with Crippen molar-refractivity contribution in [1.29, 1.82) is 0 Å². The lowest BCUT2D eigenvalue weighted by Crippen LogP contribution is -2.30. The Morgan fingerprint density at radius 1 is 1.08 bits per heavy atom. The van der Waals surface area contributed by atoms with Crippen molar-refractivity contribution in [1.82, 2.24) is 10.3 Å². The summed E-state index contributed by atoms with van der Waals surface area (Å²) in [6, 6.07) is 10.6. The first-order valence-electron chi connectivity index (χ1n) is 7.96. The van der Waals surface area contributed by atoms with Crippen LogP contribution >= 0.6 is 12.4 Å². The van der Waals surface area contributed by atoms with Gasteiger partial charge in [-0.2, -0.15) is 0 Å². The maximum atomic E-state index is 13.7. The van der Waals surface area contributed by atoms with Crippen LogP contribution in [0.5, 0.6) is 11.5 Å². The summed E-state index contributed by atoms with van der Waals surface area (Å²) in [6.07, 6.45) is 0.863. The highest BCUT2D eigenvalue weighted by Gasteiger charge is 2.27. The fourth-order valence-corrected chi connectivity index (χ4v) is 3.53. The maximum absolute atomic E-state index is 13.7. The molecule has 6 heteroatoms. The van der Waals surface area contributed by atoms with E-state index in [1.165, 1.54) is 6.07 Å². The van der Waals surface area contributed by atoms with Crippen molar-refractivity contribution in [2.75, 3.05) is 20.8 Å². The van der Waals surface area contributed by atoms with Crippen molar-refractivity contribution in [3.05, 3.63) is 59.0 Å². The molecule has 1 aromatic heterocycles. The Morgan fingerprint density at radius 3 is 2.68 bits per heavy atom. The van der Waals surface area contributed by atoms with E-state index in [-0.39, 0.29) is 24.3 Å². The molecule has 3 aromatic rings. The Morgan fingerprint density at radius 2 is 1.92 bits per heavy atom. The molecular formula is C19H20ClFN2O2. The fourth-order valence-electron chi connectivity index (χ4n) is 3.53. The zero-order chi connectivity index (χ0) is 16.7. The second-order valence-electron chi connectivity index (χ2n) is 5.95. The van der Waals surface area contributed by atoms with E-state index in [9.17, 15) is 4.39 Å². The number of aromatic amines is 1. The molecule has 0 fully saturated rings. The van der Waals surface area contributed by atoms with Gasteiger partial charge >= 0.3 is 0 Å². The van der Waals surface area contributed by atoms with Crippen LogP contribution in [0.3, 0.4) is 0 Å². The number of fused-ring (bicyclic) bond motifs is 3. The van der Waals surface area contributed by atoms with Gasteiger partial charge in [0.1, 0.15) is 17.3 Å². The highest BCUT2D eigenvalue weighted by molar-refractivity contribution is 5.86. The lowest BCUT2D eigenvalue weighted by molar-refractivity contribution is 0.392. The first-order valence-corrected chi connectivity index (χ1v) is 7.96. The van der Waals surface area contributed by atoms with Gasteiger partial charge in [0.15, 0.2) is 0 Å². The lowest BCUT2D eigenvalue weighted by Gasteiger charge is -2.26. The van der Waals surface area contributed by atoms with Crippen molar-refractivity contribution in [2.24, 2.45) is 0 Å². The van der Waals surface area contributed by atoms with Crippen molar-refractivity contribution >= 4 is 23.3 Å². The molecule has 2 N–H and O–H groups in total. The molecule has 4 rings (SSSR count). The Balaban J connectivity index is 0.00000182. The third-order valence-corrected chi connectivity index (χ3v) is 4.66. The van der Waals surface area contributed by atoms with Crippen molar-refractivity contribution in [3.8, 4) is 11.5 Å². The monoisotopic (exact) mass is 362 g/mol. The van der Waals surface area contributed by atoms with Crippen LogP contribution in [0.2, 0.25) is 0 Å². The van der Waals surface area contributed by atoms with E-state index in [1.807, 2.05) is 18.2 Å². The van der Waals surface area contributed by atoms with E-state index in [1.54, 1.807) is 26.4 Å². The Labute approximate surface area is 151 Å². The van der Waals surface area contributed by atoms with Crippen LogP contribution < -0.4 is 14.8 Å². The van der Waals surface area contributed by atoms with Gasteiger partial charge in [-0.25, -0.2) is 4.39 Å². The summed E-state index contributed by atoms with van der Waals surface area (Å²) in [5.41, 5.74) is 4.19. The molecule has 4 nitrogen and oxygen atoms in total. The van der Waals surface area contributed by atoms with E-state index < -0.39 is 0 Å². The molecule has 0 radical (unpaired) electrons. The first-order chi connectivity index (χ1) is 11.7. The van der Waals surface area contributed by atoms with Crippen LogP contribution in [-0.2, 0) is 6.42 Å². The van der Waals surface area contributed by atoms with Crippen LogP contribution in [0.25, 0.3) is 10.9 Å². The highest BCUT2D eigenvalue weighted by atomic mass is 35.5. The largest absolute Gasteiger partial charge is 0.497 e. The summed E-state index contributed by atoms with van der Waals surface area (Å²) in [6.45, 7) is 0.821. The number of aromatic nitrogens is 1. The Bertz CT molecular complexity index is 910. The van der Waals surface area contributed by atoms with Gasteiger partial charge in [-0.3, -0.25) is 0 Å². The molecule has 0 spiro atoms. The minimum atomic E-state index is -0.210. The van der Waals surface area contributed by atoms with Crippen molar-refractivity contribution < 1.29 is 13.9 Å². The normalized spacial score (nSPS) is 16.2. The van der Waals surface area contributed by atoms with Gasteiger partial charge in [0.25, 0.3) is 0 Å². The number of H-pyrrole nitrogens is 1. The molecule has 132 valence electrons. The van der Waals surface area contributed by atoms with E-state index in [0.717, 1.165) is 52.2 Å². The third kappa shape index (κ3) is 2.94. The van der Waals surface area contributed by atoms with Gasteiger partial charge in [-0.1, -0.05) is 0 Å². The minimum Gasteiger partial charge on any atom is -0.497 e. The van der Waals surface area contributed by atoms with Gasteiger partial charge in [0, 0.05) is 28.7 Å². The number of benzene rings is 2. The van der Waals surface area contributed by atoms with Crippen LogP contribution in [0.4, 0.5) is 4.39 Å². The predicted octanol–water partition coefficient (Wildman–Crippen LogP) is 3.98. The quantitative estimate of drug-likeness (QED) is 0.740. The summed E-state index contributed by atoms with van der Waals surface area (Å²) in [5, 5.41) is 4.49. The average molecular weight is 363 g/mol. The lowest BCUT2D eigenvalue weighted by atomic mass is 9.93. The highest BCUT2D eigenvalue weighted by Crippen LogP contribution is 2.38. The summed E-state index contributed by atoms with van der Waals surface area (Å²) in [7, 11) is 3.31. The van der Waals surface area contributed by atoms with Crippen molar-refractivity contribution in [2.45, 2.75) is 12.5 Å². The minimum absolute atomic E-state index is 0. The molecule has 0 saturated carbocycles. The van der Waals surface area contributed by atoms with Crippen LogP contribution in [0.15, 0.2) is 36.4 Å². The zero-order valence-corrected chi connectivity index (χ0v) is 14.9. The zero-order valence-electron chi connectivity index (χ0n) is 14.1. The smallest absolute Gasteiger partial charge is 0.124 e. The predicted molar refractivity (Wildman–Crippen MR) is 98.6 cm³/mol. The summed E-state index contributed by atoms with van der Waals surface area (Å²) < 4.78 is 24.6. The van der Waals surface area contributed by atoms with E-state index in [2.05, 4.69) is 10.3 Å². The molecule has 0 bridgehead atoms. The number of hydrogen-bond acceptors (Lipinski definition) is 3. The van der Waals surface area contributed by atoms with Crippen LogP contribution in [0.1, 0.15) is 22.9 Å². The number of nitrogens with one attached hydrogen (secondary N) is 2. The molecule has 2 aromatic carbocycles. The molecule has 1 unspecified atom stereocenters. The number of ether oxygens (including phenoxy) is 2. The van der Waals surface area contributed by atoms with E-state index in [0.29, 0.717) is 0 Å². The second-order valence-corrected chi connectivity index (χ2v) is 5.95. The molecule has 0 aliphatic carbocycles. The van der Waals surface area contributed by atoms with Gasteiger partial charge in [0.05, 0.1) is 20.3 Å². The SMILES string of the molecule is COc1ccc(OC)c(C2NCCc3c2[nH]c2ccc(F)cc32)c1.Cl. The van der Waals surface area contributed by atoms with E-state index >= 15 is 0 Å². The number of halogens is 2. The van der Waals surface area contributed by atoms with Crippen LogP contribution in [0, 0.1) is 5.82 Å². The van der Waals surface area contributed by atoms with Gasteiger partial charge in [-0.05, 0) is 48.4 Å². The standard InChI is InChI=1S/C19H19FN2O2.ClH/c1-23-12-4-6-17(24-2)15(10-12)18-19-13(7-8-21-18)14-9-11(20)3-5-16(14)22-19;/h3-6,9-10,18,21-22H,7-8H2,1-2H3;1H. The number of hydrogen-bond donors (Lipinski definition) is 2. The molecule has 1 aliphatic heterocycles.